The summed E-state index contributed by atoms with van der Waals surface area (Å²) in [5.74, 6) is 1.01. The van der Waals surface area contributed by atoms with Crippen LogP contribution in [0.5, 0.6) is 11.5 Å². The van der Waals surface area contributed by atoms with Crippen molar-refractivity contribution >= 4 is 17.5 Å². The molecule has 0 bridgehead atoms. The zero-order valence-corrected chi connectivity index (χ0v) is 18.7. The lowest BCUT2D eigenvalue weighted by Crippen LogP contribution is -2.38. The molecule has 7 heteroatoms. The molecule has 1 aliphatic heterocycles. The van der Waals surface area contributed by atoms with Crippen LogP contribution in [0.15, 0.2) is 47.6 Å². The zero-order chi connectivity index (χ0) is 22.5. The minimum absolute atomic E-state index is 0.0223. The first-order valence-electron chi connectivity index (χ1n) is 10.3. The first-order valence-corrected chi connectivity index (χ1v) is 10.3. The second kappa shape index (κ2) is 9.64. The normalized spacial score (nSPS) is 15.5. The maximum atomic E-state index is 13.1. The van der Waals surface area contributed by atoms with Crippen molar-refractivity contribution in [3.8, 4) is 11.5 Å². The van der Waals surface area contributed by atoms with Crippen molar-refractivity contribution in [3.05, 3.63) is 59.2 Å². The average Bonchev–Trinajstić information content (AvgIpc) is 3.23. The SMILES string of the molecule is CCC(=O)N(C)CC(=O)N1N=C(c2ccc(OC)cc2OC)CC1c1ccc(C)cc1. The van der Waals surface area contributed by atoms with Crippen molar-refractivity contribution in [2.45, 2.75) is 32.7 Å². The molecule has 0 saturated carbocycles. The van der Waals surface area contributed by atoms with Crippen molar-refractivity contribution in [1.29, 1.82) is 0 Å². The van der Waals surface area contributed by atoms with Gasteiger partial charge in [-0.25, -0.2) is 5.01 Å². The minimum atomic E-state index is -0.250. The van der Waals surface area contributed by atoms with Crippen molar-refractivity contribution < 1.29 is 19.1 Å². The Bertz CT molecular complexity index is 985. The molecule has 2 aromatic carbocycles. The Morgan fingerprint density at radius 2 is 1.84 bits per heavy atom. The number of ether oxygens (including phenoxy) is 2. The number of hydrazone groups is 1. The van der Waals surface area contributed by atoms with Gasteiger partial charge in [0.15, 0.2) is 0 Å². The topological polar surface area (TPSA) is 71.4 Å². The number of hydrogen-bond donors (Lipinski definition) is 0. The average molecular weight is 424 g/mol. The van der Waals surface area contributed by atoms with Crippen LogP contribution in [-0.4, -0.2) is 55.2 Å². The lowest BCUT2D eigenvalue weighted by Gasteiger charge is -2.24. The van der Waals surface area contributed by atoms with E-state index in [1.54, 1.807) is 34.3 Å². The van der Waals surface area contributed by atoms with Crippen LogP contribution in [0.2, 0.25) is 0 Å². The van der Waals surface area contributed by atoms with Gasteiger partial charge in [0.1, 0.15) is 18.0 Å². The van der Waals surface area contributed by atoms with Gasteiger partial charge in [-0.2, -0.15) is 5.10 Å². The monoisotopic (exact) mass is 423 g/mol. The first kappa shape index (κ1) is 22.3. The number of amides is 2. The number of carbonyl (C=O) groups is 2. The third-order valence-corrected chi connectivity index (χ3v) is 5.45. The molecule has 0 aromatic heterocycles. The van der Waals surface area contributed by atoms with Crippen LogP contribution in [0.3, 0.4) is 0 Å². The highest BCUT2D eigenvalue weighted by Gasteiger charge is 2.34. The molecule has 1 atom stereocenters. The second-order valence-electron chi connectivity index (χ2n) is 7.59. The second-order valence-corrected chi connectivity index (χ2v) is 7.59. The third kappa shape index (κ3) is 4.87. The minimum Gasteiger partial charge on any atom is -0.497 e. The predicted octanol–water partition coefficient (Wildman–Crippen LogP) is 3.56. The maximum absolute atomic E-state index is 13.1. The smallest absolute Gasteiger partial charge is 0.262 e. The van der Waals surface area contributed by atoms with Crippen molar-refractivity contribution in [1.82, 2.24) is 9.91 Å². The van der Waals surface area contributed by atoms with Crippen molar-refractivity contribution in [2.24, 2.45) is 5.10 Å². The summed E-state index contributed by atoms with van der Waals surface area (Å²) < 4.78 is 10.8. The Labute approximate surface area is 183 Å². The van der Waals surface area contributed by atoms with Gasteiger partial charge in [0.05, 0.1) is 26.0 Å². The van der Waals surface area contributed by atoms with Crippen molar-refractivity contribution in [3.63, 3.8) is 0 Å². The van der Waals surface area contributed by atoms with E-state index < -0.39 is 0 Å². The molecule has 2 aromatic rings. The van der Waals surface area contributed by atoms with Gasteiger partial charge in [-0.3, -0.25) is 9.59 Å². The molecule has 1 heterocycles. The third-order valence-electron chi connectivity index (χ3n) is 5.45. The fraction of sp³-hybridized carbons (Fsp3) is 0.375. The number of benzene rings is 2. The number of rotatable bonds is 7. The van der Waals surface area contributed by atoms with Gasteiger partial charge < -0.3 is 14.4 Å². The van der Waals surface area contributed by atoms with E-state index in [2.05, 4.69) is 5.10 Å². The fourth-order valence-corrected chi connectivity index (χ4v) is 3.62. The van der Waals surface area contributed by atoms with Crippen LogP contribution < -0.4 is 9.47 Å². The molecule has 31 heavy (non-hydrogen) atoms. The summed E-state index contributed by atoms with van der Waals surface area (Å²) in [5, 5.41) is 6.19. The van der Waals surface area contributed by atoms with Crippen LogP contribution in [0, 0.1) is 6.92 Å². The first-order chi connectivity index (χ1) is 14.9. The van der Waals surface area contributed by atoms with E-state index in [-0.39, 0.29) is 24.4 Å². The lowest BCUT2D eigenvalue weighted by molar-refractivity contribution is -0.140. The molecule has 1 aliphatic rings. The summed E-state index contributed by atoms with van der Waals surface area (Å²) in [4.78, 5) is 26.5. The summed E-state index contributed by atoms with van der Waals surface area (Å²) in [6, 6.07) is 13.4. The van der Waals surface area contributed by atoms with E-state index in [0.29, 0.717) is 24.3 Å². The molecule has 0 saturated heterocycles. The van der Waals surface area contributed by atoms with E-state index in [4.69, 9.17) is 9.47 Å². The number of carbonyl (C=O) groups excluding carboxylic acids is 2. The molecule has 0 N–H and O–H groups in total. The van der Waals surface area contributed by atoms with E-state index in [1.807, 2.05) is 43.3 Å². The van der Waals surface area contributed by atoms with Crippen LogP contribution in [0.4, 0.5) is 0 Å². The Hall–Kier alpha value is -3.35. The molecule has 3 rings (SSSR count). The molecule has 0 fully saturated rings. The lowest BCUT2D eigenvalue weighted by atomic mass is 9.97. The fourth-order valence-electron chi connectivity index (χ4n) is 3.62. The van der Waals surface area contributed by atoms with Gasteiger partial charge in [0.2, 0.25) is 5.91 Å². The summed E-state index contributed by atoms with van der Waals surface area (Å²) in [6.07, 6.45) is 0.895. The van der Waals surface area contributed by atoms with Gasteiger partial charge in [0.25, 0.3) is 5.91 Å². The van der Waals surface area contributed by atoms with Crippen LogP contribution in [0.25, 0.3) is 0 Å². The molecule has 7 nitrogen and oxygen atoms in total. The summed E-state index contributed by atoms with van der Waals surface area (Å²) >= 11 is 0. The molecular weight excluding hydrogens is 394 g/mol. The van der Waals surface area contributed by atoms with Gasteiger partial charge in [-0.05, 0) is 24.6 Å². The summed E-state index contributed by atoms with van der Waals surface area (Å²) in [5.41, 5.74) is 3.71. The Kier molecular flexibility index (Phi) is 6.95. The molecular formula is C24H29N3O4. The van der Waals surface area contributed by atoms with Gasteiger partial charge >= 0.3 is 0 Å². The highest BCUT2D eigenvalue weighted by molar-refractivity contribution is 6.05. The summed E-state index contributed by atoms with van der Waals surface area (Å²) in [6.45, 7) is 3.78. The van der Waals surface area contributed by atoms with Crippen LogP contribution in [0.1, 0.15) is 42.5 Å². The summed E-state index contributed by atoms with van der Waals surface area (Å²) in [7, 11) is 4.83. The molecule has 0 radical (unpaired) electrons. The van der Waals surface area contributed by atoms with Crippen molar-refractivity contribution in [2.75, 3.05) is 27.8 Å². The zero-order valence-electron chi connectivity index (χ0n) is 18.7. The van der Waals surface area contributed by atoms with E-state index in [9.17, 15) is 9.59 Å². The van der Waals surface area contributed by atoms with Gasteiger partial charge in [-0.15, -0.1) is 0 Å². The van der Waals surface area contributed by atoms with Gasteiger partial charge in [-0.1, -0.05) is 36.8 Å². The number of methoxy groups -OCH3 is 2. The number of hydrogen-bond acceptors (Lipinski definition) is 5. The standard InChI is InChI=1S/C24H29N3O4/c1-6-23(28)26(3)15-24(29)27-21(17-9-7-16(2)8-10-17)14-20(25-27)19-12-11-18(30-4)13-22(19)31-5/h7-13,21H,6,14-15H2,1-5H3. The highest BCUT2D eigenvalue weighted by Crippen LogP contribution is 2.36. The van der Waals surface area contributed by atoms with E-state index in [1.165, 1.54) is 9.91 Å². The largest absolute Gasteiger partial charge is 0.497 e. The Morgan fingerprint density at radius 3 is 2.45 bits per heavy atom. The predicted molar refractivity (Wildman–Crippen MR) is 119 cm³/mol. The Balaban J connectivity index is 1.96. The Morgan fingerprint density at radius 1 is 1.13 bits per heavy atom. The van der Waals surface area contributed by atoms with E-state index >= 15 is 0 Å². The quantitative estimate of drug-likeness (QED) is 0.683. The molecule has 2 amide bonds. The molecule has 1 unspecified atom stereocenters. The number of aryl methyl sites for hydroxylation is 1. The molecule has 164 valence electrons. The van der Waals surface area contributed by atoms with E-state index in [0.717, 1.165) is 22.4 Å². The number of nitrogens with zero attached hydrogens (tertiary/aromatic N) is 3. The number of likely N-dealkylation sites (N-methyl/N-ethyl adjacent to an activating group) is 1. The van der Waals surface area contributed by atoms with Crippen LogP contribution >= 0.6 is 0 Å². The van der Waals surface area contributed by atoms with Gasteiger partial charge in [0, 0.05) is 31.5 Å². The molecule has 0 aliphatic carbocycles. The highest BCUT2D eigenvalue weighted by atomic mass is 16.5. The molecule has 0 spiro atoms. The van der Waals surface area contributed by atoms with Crippen LogP contribution in [-0.2, 0) is 9.59 Å². The maximum Gasteiger partial charge on any atom is 0.262 e.